The molecule has 0 saturated heterocycles. The molecule has 1 aromatic carbocycles. The van der Waals surface area contributed by atoms with E-state index in [0.717, 1.165) is 11.1 Å². The number of carbonyl (C=O) groups is 1. The highest BCUT2D eigenvalue weighted by atomic mass is 16.5. The predicted molar refractivity (Wildman–Crippen MR) is 73.4 cm³/mol. The topological polar surface area (TPSA) is 70.1 Å². The molecule has 0 saturated carbocycles. The van der Waals surface area contributed by atoms with Crippen LogP contribution in [0.5, 0.6) is 0 Å². The van der Waals surface area contributed by atoms with E-state index in [0.29, 0.717) is 12.3 Å². The molecule has 0 spiro atoms. The molecule has 100 valence electrons. The normalized spacial score (nSPS) is 12.1. The van der Waals surface area contributed by atoms with Crippen molar-refractivity contribution in [2.75, 3.05) is 12.3 Å². The summed E-state index contributed by atoms with van der Waals surface area (Å²) in [5.41, 5.74) is 8.34. The molecule has 0 bridgehead atoms. The van der Waals surface area contributed by atoms with Gasteiger partial charge < -0.3 is 10.5 Å². The van der Waals surface area contributed by atoms with Crippen LogP contribution in [0.3, 0.4) is 0 Å². The van der Waals surface area contributed by atoms with Crippen LogP contribution in [0.15, 0.2) is 36.7 Å². The summed E-state index contributed by atoms with van der Waals surface area (Å²) in [6, 6.07) is 7.10. The number of ether oxygens (including phenoxy) is 1. The number of hydrogen-bond donors (Lipinski definition) is 1. The van der Waals surface area contributed by atoms with Gasteiger partial charge in [0.2, 0.25) is 0 Å². The third-order valence-electron chi connectivity index (χ3n) is 2.85. The minimum atomic E-state index is -0.435. The van der Waals surface area contributed by atoms with Crippen LogP contribution in [-0.2, 0) is 9.53 Å². The van der Waals surface area contributed by atoms with Crippen LogP contribution in [0.2, 0.25) is 0 Å². The van der Waals surface area contributed by atoms with Gasteiger partial charge in [-0.15, -0.1) is 0 Å². The Morgan fingerprint density at radius 1 is 1.47 bits per heavy atom. The number of carbonyl (C=O) groups excluding carboxylic acids is 1. The second kappa shape index (κ2) is 5.56. The first-order chi connectivity index (χ1) is 9.11. The summed E-state index contributed by atoms with van der Waals surface area (Å²) in [6.45, 7) is 3.91. The standard InChI is InChI=1S/C14H17N3O2/c1-3-19-14(18)10(2)17-9-12(8-16-17)11-5-4-6-13(15)7-11/h4-10H,3,15H2,1-2H3. The van der Waals surface area contributed by atoms with Crippen LogP contribution >= 0.6 is 0 Å². The van der Waals surface area contributed by atoms with Crippen molar-refractivity contribution in [2.45, 2.75) is 19.9 Å². The maximum absolute atomic E-state index is 11.6. The van der Waals surface area contributed by atoms with Crippen LogP contribution in [0.1, 0.15) is 19.9 Å². The van der Waals surface area contributed by atoms with Crippen LogP contribution in [-0.4, -0.2) is 22.4 Å². The number of nitrogen functional groups attached to an aromatic ring is 1. The van der Waals surface area contributed by atoms with Crippen molar-refractivity contribution in [3.63, 3.8) is 0 Å². The summed E-state index contributed by atoms with van der Waals surface area (Å²) in [6.07, 6.45) is 3.53. The van der Waals surface area contributed by atoms with E-state index in [9.17, 15) is 4.79 Å². The molecule has 0 fully saturated rings. The Labute approximate surface area is 112 Å². The van der Waals surface area contributed by atoms with Crippen LogP contribution in [0.25, 0.3) is 11.1 Å². The number of nitrogens with zero attached hydrogens (tertiary/aromatic N) is 2. The third-order valence-corrected chi connectivity index (χ3v) is 2.85. The molecule has 19 heavy (non-hydrogen) atoms. The fourth-order valence-corrected chi connectivity index (χ4v) is 1.79. The Kier molecular flexibility index (Phi) is 3.85. The number of aromatic nitrogens is 2. The number of anilines is 1. The lowest BCUT2D eigenvalue weighted by atomic mass is 10.1. The average molecular weight is 259 g/mol. The molecule has 1 heterocycles. The number of rotatable bonds is 4. The number of benzene rings is 1. The highest BCUT2D eigenvalue weighted by Crippen LogP contribution is 2.22. The van der Waals surface area contributed by atoms with Crippen molar-refractivity contribution in [3.05, 3.63) is 36.7 Å². The monoisotopic (exact) mass is 259 g/mol. The molecule has 0 aliphatic rings. The molecule has 2 rings (SSSR count). The zero-order valence-electron chi connectivity index (χ0n) is 11.0. The molecular formula is C14H17N3O2. The number of hydrogen-bond acceptors (Lipinski definition) is 4. The molecule has 1 unspecified atom stereocenters. The average Bonchev–Trinajstić information content (AvgIpc) is 2.87. The zero-order valence-corrected chi connectivity index (χ0v) is 11.0. The molecule has 2 N–H and O–H groups in total. The fraction of sp³-hybridized carbons (Fsp3) is 0.286. The Hall–Kier alpha value is -2.30. The lowest BCUT2D eigenvalue weighted by molar-refractivity contribution is -0.146. The first-order valence-corrected chi connectivity index (χ1v) is 6.18. The Morgan fingerprint density at radius 2 is 2.26 bits per heavy atom. The molecule has 0 amide bonds. The Balaban J connectivity index is 2.21. The molecule has 2 aromatic rings. The Bertz CT molecular complexity index is 578. The minimum absolute atomic E-state index is 0.287. The van der Waals surface area contributed by atoms with E-state index < -0.39 is 6.04 Å². The lowest BCUT2D eigenvalue weighted by Crippen LogP contribution is -2.19. The lowest BCUT2D eigenvalue weighted by Gasteiger charge is -2.10. The quantitative estimate of drug-likeness (QED) is 0.675. The van der Waals surface area contributed by atoms with E-state index in [1.165, 1.54) is 0 Å². The maximum Gasteiger partial charge on any atom is 0.330 e. The highest BCUT2D eigenvalue weighted by Gasteiger charge is 2.17. The molecule has 0 aliphatic heterocycles. The molecule has 0 radical (unpaired) electrons. The van der Waals surface area contributed by atoms with E-state index in [-0.39, 0.29) is 5.97 Å². The first-order valence-electron chi connectivity index (χ1n) is 6.18. The van der Waals surface area contributed by atoms with Gasteiger partial charge in [-0.3, -0.25) is 4.68 Å². The van der Waals surface area contributed by atoms with Crippen molar-refractivity contribution >= 4 is 11.7 Å². The van der Waals surface area contributed by atoms with E-state index >= 15 is 0 Å². The molecule has 1 atom stereocenters. The predicted octanol–water partition coefficient (Wildman–Crippen LogP) is 2.26. The van der Waals surface area contributed by atoms with Gasteiger partial charge >= 0.3 is 5.97 Å². The van der Waals surface area contributed by atoms with Gasteiger partial charge in [0.25, 0.3) is 0 Å². The van der Waals surface area contributed by atoms with Crippen molar-refractivity contribution < 1.29 is 9.53 Å². The van der Waals surface area contributed by atoms with Gasteiger partial charge in [0.05, 0.1) is 12.8 Å². The molecule has 0 aliphatic carbocycles. The van der Waals surface area contributed by atoms with Crippen molar-refractivity contribution in [1.29, 1.82) is 0 Å². The molecular weight excluding hydrogens is 242 g/mol. The van der Waals surface area contributed by atoms with Gasteiger partial charge in [-0.25, -0.2) is 4.79 Å². The SMILES string of the molecule is CCOC(=O)C(C)n1cc(-c2cccc(N)c2)cn1. The van der Waals surface area contributed by atoms with Crippen LogP contribution < -0.4 is 5.73 Å². The number of esters is 1. The van der Waals surface area contributed by atoms with E-state index in [1.54, 1.807) is 24.7 Å². The van der Waals surface area contributed by atoms with Crippen molar-refractivity contribution in [3.8, 4) is 11.1 Å². The summed E-state index contributed by atoms with van der Waals surface area (Å²) >= 11 is 0. The van der Waals surface area contributed by atoms with E-state index in [4.69, 9.17) is 10.5 Å². The molecule has 1 aromatic heterocycles. The first kappa shape index (κ1) is 13.1. The van der Waals surface area contributed by atoms with Gasteiger partial charge in [0, 0.05) is 17.4 Å². The third kappa shape index (κ3) is 2.93. The summed E-state index contributed by atoms with van der Waals surface area (Å²) in [7, 11) is 0. The molecule has 5 nitrogen and oxygen atoms in total. The second-order valence-corrected chi connectivity index (χ2v) is 4.26. The highest BCUT2D eigenvalue weighted by molar-refractivity contribution is 5.74. The van der Waals surface area contributed by atoms with E-state index in [2.05, 4.69) is 5.10 Å². The smallest absolute Gasteiger partial charge is 0.330 e. The maximum atomic E-state index is 11.6. The summed E-state index contributed by atoms with van der Waals surface area (Å²) < 4.78 is 6.57. The van der Waals surface area contributed by atoms with Gasteiger partial charge in [-0.2, -0.15) is 5.10 Å². The van der Waals surface area contributed by atoms with Crippen LogP contribution in [0, 0.1) is 0 Å². The second-order valence-electron chi connectivity index (χ2n) is 4.26. The van der Waals surface area contributed by atoms with Crippen molar-refractivity contribution in [2.24, 2.45) is 0 Å². The van der Waals surface area contributed by atoms with Gasteiger partial charge in [0.15, 0.2) is 0 Å². The number of nitrogens with two attached hydrogens (primary N) is 1. The van der Waals surface area contributed by atoms with Gasteiger partial charge in [-0.1, -0.05) is 12.1 Å². The largest absolute Gasteiger partial charge is 0.464 e. The Morgan fingerprint density at radius 3 is 2.95 bits per heavy atom. The zero-order chi connectivity index (χ0) is 13.8. The summed E-state index contributed by atoms with van der Waals surface area (Å²) in [5, 5.41) is 4.20. The van der Waals surface area contributed by atoms with Gasteiger partial charge in [0.1, 0.15) is 6.04 Å². The fourth-order valence-electron chi connectivity index (χ4n) is 1.79. The summed E-state index contributed by atoms with van der Waals surface area (Å²) in [5.74, 6) is -0.287. The van der Waals surface area contributed by atoms with Crippen LogP contribution in [0.4, 0.5) is 5.69 Å². The van der Waals surface area contributed by atoms with Gasteiger partial charge in [-0.05, 0) is 31.5 Å². The molecule has 5 heteroatoms. The van der Waals surface area contributed by atoms with Crippen molar-refractivity contribution in [1.82, 2.24) is 9.78 Å². The summed E-state index contributed by atoms with van der Waals surface area (Å²) in [4.78, 5) is 11.6. The van der Waals surface area contributed by atoms with E-state index in [1.807, 2.05) is 30.5 Å². The minimum Gasteiger partial charge on any atom is -0.464 e.